The number of hydrogen-bond acceptors (Lipinski definition) is 6. The van der Waals surface area contributed by atoms with Gasteiger partial charge in [-0.2, -0.15) is 0 Å². The third-order valence-corrected chi connectivity index (χ3v) is 7.87. The fraction of sp³-hybridized carbons (Fsp3) is 0.412. The zero-order valence-corrected chi connectivity index (χ0v) is 24.6. The lowest BCUT2D eigenvalue weighted by Crippen LogP contribution is -2.32. The topological polar surface area (TPSA) is 88.1 Å². The molecular weight excluding hydrogens is 516 g/mol. The summed E-state index contributed by atoms with van der Waals surface area (Å²) in [4.78, 5) is 26.3. The number of anilines is 1. The van der Waals surface area contributed by atoms with Crippen LogP contribution in [0.4, 0.5) is 5.69 Å². The van der Waals surface area contributed by atoms with Gasteiger partial charge in [-0.3, -0.25) is 9.69 Å². The molecule has 2 N–H and O–H groups in total. The monoisotopic (exact) mass is 558 g/mol. The second kappa shape index (κ2) is 14.2. The van der Waals surface area contributed by atoms with E-state index in [2.05, 4.69) is 41.4 Å². The Hall–Kier alpha value is -3.84. The van der Waals surface area contributed by atoms with E-state index in [0.717, 1.165) is 23.2 Å². The van der Waals surface area contributed by atoms with Crippen LogP contribution >= 0.6 is 0 Å². The number of esters is 1. The molecule has 0 heterocycles. The van der Waals surface area contributed by atoms with E-state index in [0.29, 0.717) is 29.6 Å². The Labute approximate surface area is 243 Å². The highest BCUT2D eigenvalue weighted by Crippen LogP contribution is 2.35. The van der Waals surface area contributed by atoms with Crippen molar-refractivity contribution < 1.29 is 24.2 Å². The second-order valence-electron chi connectivity index (χ2n) is 11.0. The molecular formula is C34H42N2O5. The molecule has 41 heavy (non-hydrogen) atoms. The van der Waals surface area contributed by atoms with Gasteiger partial charge in [0.05, 0.1) is 6.61 Å². The van der Waals surface area contributed by atoms with Crippen LogP contribution in [-0.4, -0.2) is 35.0 Å². The average molecular weight is 559 g/mol. The molecule has 1 amide bonds. The molecule has 0 aromatic heterocycles. The third-order valence-electron chi connectivity index (χ3n) is 7.87. The summed E-state index contributed by atoms with van der Waals surface area (Å²) in [6, 6.07) is 19.6. The van der Waals surface area contributed by atoms with Crippen molar-refractivity contribution in [3.05, 3.63) is 82.9 Å². The lowest BCUT2D eigenvalue weighted by Gasteiger charge is -2.34. The van der Waals surface area contributed by atoms with Crippen molar-refractivity contribution in [2.24, 2.45) is 5.92 Å². The maximum Gasteiger partial charge on any atom is 0.397 e. The zero-order valence-electron chi connectivity index (χ0n) is 24.6. The number of rotatable bonds is 10. The zero-order chi connectivity index (χ0) is 29.4. The standard InChI is InChI=1S/C34H42N2O5/c1-5-40-34(39)33(38)35-29-18-23(2)32(24(3)19-29)41-30-16-17-31(37)28(20-30)22-36(21-26-12-8-6-9-13-26)25(4)27-14-10-7-11-15-27/h7,10-11,14-20,25-26,37H,5-6,8-9,12-13,21-22H2,1-4H3,(H,35,38). The molecule has 1 unspecified atom stereocenters. The summed E-state index contributed by atoms with van der Waals surface area (Å²) < 4.78 is 11.1. The van der Waals surface area contributed by atoms with Crippen molar-refractivity contribution in [3.8, 4) is 17.2 Å². The largest absolute Gasteiger partial charge is 0.508 e. The highest BCUT2D eigenvalue weighted by molar-refractivity contribution is 6.37. The molecule has 3 aromatic carbocycles. The average Bonchev–Trinajstić information content (AvgIpc) is 2.97. The number of phenols is 1. The van der Waals surface area contributed by atoms with E-state index in [1.54, 1.807) is 31.2 Å². The van der Waals surface area contributed by atoms with E-state index >= 15 is 0 Å². The summed E-state index contributed by atoms with van der Waals surface area (Å²) in [6.45, 7) is 9.39. The summed E-state index contributed by atoms with van der Waals surface area (Å²) in [5.41, 5.74) is 4.17. The van der Waals surface area contributed by atoms with Gasteiger partial charge in [-0.25, -0.2) is 4.79 Å². The number of aryl methyl sites for hydroxylation is 2. The summed E-state index contributed by atoms with van der Waals surface area (Å²) in [5.74, 6) is 0.454. The molecule has 0 aliphatic heterocycles. The van der Waals surface area contributed by atoms with Gasteiger partial charge < -0.3 is 19.9 Å². The Kier molecular flexibility index (Phi) is 10.4. The molecule has 0 radical (unpaired) electrons. The maximum atomic E-state index is 12.1. The first kappa shape index (κ1) is 30.1. The quantitative estimate of drug-likeness (QED) is 0.199. The highest BCUT2D eigenvalue weighted by Gasteiger charge is 2.23. The van der Waals surface area contributed by atoms with Gasteiger partial charge >= 0.3 is 11.9 Å². The summed E-state index contributed by atoms with van der Waals surface area (Å²) in [6.07, 6.45) is 6.40. The molecule has 4 rings (SSSR count). The van der Waals surface area contributed by atoms with E-state index in [9.17, 15) is 14.7 Å². The lowest BCUT2D eigenvalue weighted by atomic mass is 9.88. The number of nitrogens with zero attached hydrogens (tertiary/aromatic N) is 1. The lowest BCUT2D eigenvalue weighted by molar-refractivity contribution is -0.152. The van der Waals surface area contributed by atoms with Crippen molar-refractivity contribution in [3.63, 3.8) is 0 Å². The Morgan fingerprint density at radius 2 is 1.68 bits per heavy atom. The molecule has 1 saturated carbocycles. The van der Waals surface area contributed by atoms with Crippen molar-refractivity contribution >= 4 is 17.6 Å². The van der Waals surface area contributed by atoms with Crippen LogP contribution in [0.25, 0.3) is 0 Å². The van der Waals surface area contributed by atoms with Crippen LogP contribution in [-0.2, 0) is 20.9 Å². The fourth-order valence-corrected chi connectivity index (χ4v) is 5.65. The molecule has 1 aliphatic carbocycles. The van der Waals surface area contributed by atoms with Crippen LogP contribution in [0.1, 0.15) is 74.2 Å². The molecule has 0 saturated heterocycles. The van der Waals surface area contributed by atoms with Gasteiger partial charge in [0.25, 0.3) is 0 Å². The number of benzene rings is 3. The Bertz CT molecular complexity index is 1310. The van der Waals surface area contributed by atoms with Gasteiger partial charge in [0, 0.05) is 30.4 Å². The Morgan fingerprint density at radius 1 is 1.00 bits per heavy atom. The first-order valence-electron chi connectivity index (χ1n) is 14.6. The SMILES string of the molecule is CCOC(=O)C(=O)Nc1cc(C)c(Oc2ccc(O)c(CN(CC3CCCCC3)C(C)c3ccccc3)c2)c(C)c1. The number of carbonyl (C=O) groups is 2. The van der Waals surface area contributed by atoms with E-state index in [4.69, 9.17) is 9.47 Å². The van der Waals surface area contributed by atoms with Crippen LogP contribution < -0.4 is 10.1 Å². The van der Waals surface area contributed by atoms with E-state index in [1.807, 2.05) is 26.0 Å². The van der Waals surface area contributed by atoms with Gasteiger partial charge in [0.15, 0.2) is 0 Å². The van der Waals surface area contributed by atoms with Gasteiger partial charge in [-0.15, -0.1) is 0 Å². The maximum absolute atomic E-state index is 12.1. The van der Waals surface area contributed by atoms with E-state index in [-0.39, 0.29) is 18.4 Å². The molecule has 0 bridgehead atoms. The molecule has 7 heteroatoms. The Morgan fingerprint density at radius 3 is 2.34 bits per heavy atom. The third kappa shape index (κ3) is 8.10. The number of hydrogen-bond donors (Lipinski definition) is 2. The van der Waals surface area contributed by atoms with E-state index < -0.39 is 11.9 Å². The first-order valence-corrected chi connectivity index (χ1v) is 14.6. The van der Waals surface area contributed by atoms with Gasteiger partial charge in [-0.05, 0) is 93.5 Å². The van der Waals surface area contributed by atoms with Crippen molar-refractivity contribution in [2.45, 2.75) is 72.4 Å². The van der Waals surface area contributed by atoms with E-state index in [1.165, 1.54) is 37.7 Å². The molecule has 3 aromatic rings. The van der Waals surface area contributed by atoms with Crippen molar-refractivity contribution in [1.29, 1.82) is 0 Å². The van der Waals surface area contributed by atoms with Gasteiger partial charge in [0.1, 0.15) is 17.2 Å². The number of aromatic hydroxyl groups is 1. The predicted molar refractivity (Wildman–Crippen MR) is 161 cm³/mol. The fourth-order valence-electron chi connectivity index (χ4n) is 5.65. The number of nitrogens with one attached hydrogen (secondary N) is 1. The smallest absolute Gasteiger partial charge is 0.397 e. The minimum absolute atomic E-state index is 0.134. The van der Waals surface area contributed by atoms with Crippen LogP contribution in [0.5, 0.6) is 17.2 Å². The van der Waals surface area contributed by atoms with Crippen LogP contribution in [0, 0.1) is 19.8 Å². The summed E-state index contributed by atoms with van der Waals surface area (Å²) in [5, 5.41) is 13.4. The highest BCUT2D eigenvalue weighted by atomic mass is 16.5. The van der Waals surface area contributed by atoms with Gasteiger partial charge in [0.2, 0.25) is 0 Å². The molecule has 1 fully saturated rings. The van der Waals surface area contributed by atoms with Crippen LogP contribution in [0.15, 0.2) is 60.7 Å². The normalized spacial score (nSPS) is 14.5. The van der Waals surface area contributed by atoms with Crippen molar-refractivity contribution in [1.82, 2.24) is 4.90 Å². The minimum atomic E-state index is -0.918. The molecule has 218 valence electrons. The van der Waals surface area contributed by atoms with Crippen LogP contribution in [0.2, 0.25) is 0 Å². The molecule has 1 aliphatic rings. The van der Waals surface area contributed by atoms with Crippen LogP contribution in [0.3, 0.4) is 0 Å². The summed E-state index contributed by atoms with van der Waals surface area (Å²) in [7, 11) is 0. The second-order valence-corrected chi connectivity index (χ2v) is 11.0. The molecule has 1 atom stereocenters. The minimum Gasteiger partial charge on any atom is -0.508 e. The molecule has 0 spiro atoms. The number of phenolic OH excluding ortho intramolecular Hbond substituents is 1. The number of ether oxygens (including phenoxy) is 2. The van der Waals surface area contributed by atoms with Crippen molar-refractivity contribution in [2.75, 3.05) is 18.5 Å². The molecule has 7 nitrogen and oxygen atoms in total. The predicted octanol–water partition coefficient (Wildman–Crippen LogP) is 7.45. The first-order chi connectivity index (χ1) is 19.7. The van der Waals surface area contributed by atoms with Gasteiger partial charge in [-0.1, -0.05) is 49.6 Å². The number of carbonyl (C=O) groups excluding carboxylic acids is 2. The summed E-state index contributed by atoms with van der Waals surface area (Å²) >= 11 is 0. The Balaban J connectivity index is 1.53. The number of amides is 1.